The van der Waals surface area contributed by atoms with E-state index in [9.17, 15) is 8.42 Å². The molecule has 1 N–H and O–H groups in total. The van der Waals surface area contributed by atoms with Gasteiger partial charge >= 0.3 is 0 Å². The summed E-state index contributed by atoms with van der Waals surface area (Å²) in [5.74, 6) is 0.487. The number of anilines is 1. The fourth-order valence-electron chi connectivity index (χ4n) is 2.48. The maximum atomic E-state index is 11.7. The number of nitrogens with one attached hydrogen (secondary N) is 1. The van der Waals surface area contributed by atoms with Crippen LogP contribution in [0.5, 0.6) is 0 Å². The molecular weight excluding hydrogens is 342 g/mol. The highest BCUT2D eigenvalue weighted by Gasteiger charge is 2.25. The number of halogens is 1. The van der Waals surface area contributed by atoms with Gasteiger partial charge < -0.3 is 5.32 Å². The standard InChI is InChI=1S/C13H14BrN3O2S/c14-9-6-12-13(16-7-9)11(3-4-15-12)17-10-2-1-5-20(18,19)8-10/h3-4,6-7,10H,1-2,5,8H2,(H,15,17). The van der Waals surface area contributed by atoms with Crippen LogP contribution < -0.4 is 5.32 Å². The predicted octanol–water partition coefficient (Wildman–Crippen LogP) is 2.38. The first-order valence-corrected chi connectivity index (χ1v) is 9.02. The van der Waals surface area contributed by atoms with E-state index >= 15 is 0 Å². The number of hydrogen-bond acceptors (Lipinski definition) is 5. The molecule has 1 fully saturated rings. The van der Waals surface area contributed by atoms with Gasteiger partial charge in [0.1, 0.15) is 5.52 Å². The maximum Gasteiger partial charge on any atom is 0.152 e. The second-order valence-electron chi connectivity index (χ2n) is 4.98. The summed E-state index contributed by atoms with van der Waals surface area (Å²) in [4.78, 5) is 8.63. The molecule has 3 rings (SSSR count). The Labute approximate surface area is 125 Å². The smallest absolute Gasteiger partial charge is 0.152 e. The minimum atomic E-state index is -2.92. The molecule has 5 nitrogen and oxygen atoms in total. The van der Waals surface area contributed by atoms with Gasteiger partial charge in [-0.25, -0.2) is 8.42 Å². The summed E-state index contributed by atoms with van der Waals surface area (Å²) in [5.41, 5.74) is 2.38. The van der Waals surface area contributed by atoms with Crippen molar-refractivity contribution in [2.75, 3.05) is 16.8 Å². The first kappa shape index (κ1) is 13.8. The quantitative estimate of drug-likeness (QED) is 0.895. The Morgan fingerprint density at radius 1 is 1.35 bits per heavy atom. The summed E-state index contributed by atoms with van der Waals surface area (Å²) in [7, 11) is -2.92. The summed E-state index contributed by atoms with van der Waals surface area (Å²) >= 11 is 3.37. The van der Waals surface area contributed by atoms with Crippen LogP contribution in [0.2, 0.25) is 0 Å². The van der Waals surface area contributed by atoms with Gasteiger partial charge in [-0.1, -0.05) is 0 Å². The molecule has 106 valence electrons. The molecule has 3 heterocycles. The van der Waals surface area contributed by atoms with Crippen molar-refractivity contribution in [2.24, 2.45) is 0 Å². The number of rotatable bonds is 2. The van der Waals surface area contributed by atoms with Crippen molar-refractivity contribution in [3.8, 4) is 0 Å². The van der Waals surface area contributed by atoms with Crippen LogP contribution >= 0.6 is 15.9 Å². The van der Waals surface area contributed by atoms with Crippen molar-refractivity contribution in [1.29, 1.82) is 0 Å². The van der Waals surface area contributed by atoms with Crippen LogP contribution in [0, 0.1) is 0 Å². The summed E-state index contributed by atoms with van der Waals surface area (Å²) in [6.45, 7) is 0. The lowest BCUT2D eigenvalue weighted by Crippen LogP contribution is -2.34. The highest BCUT2D eigenvalue weighted by Crippen LogP contribution is 2.24. The van der Waals surface area contributed by atoms with Crippen molar-refractivity contribution in [3.63, 3.8) is 0 Å². The number of nitrogens with zero attached hydrogens (tertiary/aromatic N) is 2. The van der Waals surface area contributed by atoms with Crippen LogP contribution in [0.4, 0.5) is 5.69 Å². The third-order valence-electron chi connectivity index (χ3n) is 3.37. The van der Waals surface area contributed by atoms with Crippen molar-refractivity contribution in [1.82, 2.24) is 9.97 Å². The Morgan fingerprint density at radius 2 is 2.20 bits per heavy atom. The van der Waals surface area contributed by atoms with E-state index in [2.05, 4.69) is 31.2 Å². The van der Waals surface area contributed by atoms with Crippen molar-refractivity contribution >= 4 is 42.5 Å². The predicted molar refractivity (Wildman–Crippen MR) is 82.5 cm³/mol. The largest absolute Gasteiger partial charge is 0.379 e. The summed E-state index contributed by atoms with van der Waals surface area (Å²) < 4.78 is 24.2. The van der Waals surface area contributed by atoms with Gasteiger partial charge in [-0.3, -0.25) is 9.97 Å². The van der Waals surface area contributed by atoms with Crippen LogP contribution in [0.1, 0.15) is 12.8 Å². The molecule has 0 amide bonds. The fraction of sp³-hybridized carbons (Fsp3) is 0.385. The molecule has 0 radical (unpaired) electrons. The molecule has 7 heteroatoms. The molecule has 0 aliphatic carbocycles. The summed E-state index contributed by atoms with van der Waals surface area (Å²) in [6.07, 6.45) is 4.99. The molecule has 1 unspecified atom stereocenters. The van der Waals surface area contributed by atoms with Crippen LogP contribution in [0.3, 0.4) is 0 Å². The molecule has 2 aromatic rings. The first-order valence-electron chi connectivity index (χ1n) is 6.41. The van der Waals surface area contributed by atoms with Crippen LogP contribution in [0.25, 0.3) is 11.0 Å². The highest BCUT2D eigenvalue weighted by atomic mass is 79.9. The normalized spacial score (nSPS) is 21.8. The third kappa shape index (κ3) is 2.93. The van der Waals surface area contributed by atoms with Gasteiger partial charge in [0.05, 0.1) is 22.7 Å². The minimum absolute atomic E-state index is 0.0511. The topological polar surface area (TPSA) is 72.0 Å². The SMILES string of the molecule is O=S1(=O)CCCC(Nc2ccnc3cc(Br)cnc23)C1. The Bertz CT molecular complexity index is 748. The van der Waals surface area contributed by atoms with E-state index in [4.69, 9.17) is 0 Å². The van der Waals surface area contributed by atoms with E-state index in [1.165, 1.54) is 0 Å². The van der Waals surface area contributed by atoms with Gasteiger partial charge in [0.25, 0.3) is 0 Å². The van der Waals surface area contributed by atoms with E-state index in [-0.39, 0.29) is 11.8 Å². The fourth-order valence-corrected chi connectivity index (χ4v) is 4.43. The van der Waals surface area contributed by atoms with E-state index < -0.39 is 9.84 Å². The van der Waals surface area contributed by atoms with Crippen molar-refractivity contribution in [3.05, 3.63) is 29.0 Å². The number of hydrogen-bond donors (Lipinski definition) is 1. The van der Waals surface area contributed by atoms with Crippen LogP contribution in [-0.4, -0.2) is 35.9 Å². The molecule has 0 saturated carbocycles. The molecule has 0 spiro atoms. The van der Waals surface area contributed by atoms with Crippen LogP contribution in [-0.2, 0) is 9.84 Å². The van der Waals surface area contributed by atoms with Crippen molar-refractivity contribution in [2.45, 2.75) is 18.9 Å². The molecule has 2 aromatic heterocycles. The lowest BCUT2D eigenvalue weighted by molar-refractivity contribution is 0.562. The summed E-state index contributed by atoms with van der Waals surface area (Å²) in [5, 5.41) is 3.30. The van der Waals surface area contributed by atoms with Gasteiger partial charge in [-0.15, -0.1) is 0 Å². The zero-order valence-corrected chi connectivity index (χ0v) is 13.1. The Balaban J connectivity index is 1.91. The Morgan fingerprint density at radius 3 is 3.00 bits per heavy atom. The molecule has 0 bridgehead atoms. The van der Waals surface area contributed by atoms with Gasteiger partial charge in [0, 0.05) is 22.9 Å². The molecule has 1 atom stereocenters. The number of fused-ring (bicyclic) bond motifs is 1. The van der Waals surface area contributed by atoms with E-state index in [1.807, 2.05) is 12.1 Å². The van der Waals surface area contributed by atoms with E-state index in [0.717, 1.165) is 27.6 Å². The van der Waals surface area contributed by atoms with Gasteiger partial charge in [-0.05, 0) is 40.9 Å². The third-order valence-corrected chi connectivity index (χ3v) is 5.62. The van der Waals surface area contributed by atoms with E-state index in [0.29, 0.717) is 12.2 Å². The molecule has 1 saturated heterocycles. The number of aromatic nitrogens is 2. The Kier molecular flexibility index (Phi) is 3.64. The molecular formula is C13H14BrN3O2S. The number of sulfone groups is 1. The Hall–Kier alpha value is -1.21. The molecule has 1 aliphatic rings. The second-order valence-corrected chi connectivity index (χ2v) is 8.12. The zero-order chi connectivity index (χ0) is 14.2. The second kappa shape index (κ2) is 5.29. The molecule has 0 aromatic carbocycles. The lowest BCUT2D eigenvalue weighted by atomic mass is 10.1. The zero-order valence-electron chi connectivity index (χ0n) is 10.7. The van der Waals surface area contributed by atoms with Gasteiger partial charge in [-0.2, -0.15) is 0 Å². The lowest BCUT2D eigenvalue weighted by Gasteiger charge is -2.24. The van der Waals surface area contributed by atoms with E-state index in [1.54, 1.807) is 12.4 Å². The highest BCUT2D eigenvalue weighted by molar-refractivity contribution is 9.10. The van der Waals surface area contributed by atoms with Crippen LogP contribution in [0.15, 0.2) is 29.0 Å². The van der Waals surface area contributed by atoms with Gasteiger partial charge in [0.2, 0.25) is 0 Å². The summed E-state index contributed by atoms with van der Waals surface area (Å²) in [6, 6.07) is 3.68. The van der Waals surface area contributed by atoms with Gasteiger partial charge in [0.15, 0.2) is 9.84 Å². The average Bonchev–Trinajstić information content (AvgIpc) is 2.37. The number of pyridine rings is 2. The average molecular weight is 356 g/mol. The molecule has 20 heavy (non-hydrogen) atoms. The molecule has 1 aliphatic heterocycles. The first-order chi connectivity index (χ1) is 9.53. The minimum Gasteiger partial charge on any atom is -0.379 e. The van der Waals surface area contributed by atoms with Crippen molar-refractivity contribution < 1.29 is 8.42 Å². The monoisotopic (exact) mass is 355 g/mol. The maximum absolute atomic E-state index is 11.7.